The van der Waals surface area contributed by atoms with Crippen molar-refractivity contribution in [2.75, 3.05) is 12.5 Å². The van der Waals surface area contributed by atoms with Gasteiger partial charge in [-0.05, 0) is 59.8 Å². The van der Waals surface area contributed by atoms with Crippen molar-refractivity contribution in [1.82, 2.24) is 10.2 Å². The Labute approximate surface area is 193 Å². The zero-order chi connectivity index (χ0) is 23.8. The van der Waals surface area contributed by atoms with Crippen molar-refractivity contribution in [2.45, 2.75) is 9.79 Å². The third-order valence-corrected chi connectivity index (χ3v) is 6.99. The van der Waals surface area contributed by atoms with Gasteiger partial charge in [0.25, 0.3) is 5.56 Å². The van der Waals surface area contributed by atoms with Crippen LogP contribution in [0.3, 0.4) is 0 Å². The second kappa shape index (κ2) is 8.92. The van der Waals surface area contributed by atoms with Crippen molar-refractivity contribution < 1.29 is 17.2 Å². The Balaban J connectivity index is 2.05. The van der Waals surface area contributed by atoms with E-state index in [0.29, 0.717) is 32.8 Å². The van der Waals surface area contributed by atoms with Crippen LogP contribution in [-0.2, 0) is 9.84 Å². The van der Waals surface area contributed by atoms with Crippen LogP contribution in [0, 0.1) is 11.6 Å². The number of thioether (sulfide) groups is 1. The number of nitrogens with zero attached hydrogens (tertiary/aromatic N) is 1. The van der Waals surface area contributed by atoms with E-state index in [1.54, 1.807) is 30.5 Å². The summed E-state index contributed by atoms with van der Waals surface area (Å²) in [5.41, 5.74) is 2.07. The molecule has 0 atom stereocenters. The molecule has 0 saturated heterocycles. The number of benzene rings is 3. The van der Waals surface area contributed by atoms with Crippen LogP contribution in [-0.4, -0.2) is 31.1 Å². The maximum atomic E-state index is 14.1. The van der Waals surface area contributed by atoms with Crippen LogP contribution < -0.4 is 5.56 Å². The van der Waals surface area contributed by atoms with Crippen LogP contribution in [0.1, 0.15) is 0 Å². The molecule has 33 heavy (non-hydrogen) atoms. The smallest absolute Gasteiger partial charge is 0.267 e. The van der Waals surface area contributed by atoms with Crippen LogP contribution in [0.15, 0.2) is 81.3 Å². The van der Waals surface area contributed by atoms with Gasteiger partial charge in [-0.2, -0.15) is 5.10 Å². The van der Waals surface area contributed by atoms with E-state index in [0.717, 1.165) is 6.26 Å². The molecule has 5 nitrogen and oxygen atoms in total. The Hall–Kier alpha value is -3.30. The molecule has 168 valence electrons. The average Bonchev–Trinajstić information content (AvgIpc) is 2.79. The van der Waals surface area contributed by atoms with Crippen LogP contribution in [0.2, 0.25) is 0 Å². The number of halogens is 2. The monoisotopic (exact) mass is 484 g/mol. The van der Waals surface area contributed by atoms with Crippen LogP contribution >= 0.6 is 11.8 Å². The van der Waals surface area contributed by atoms with E-state index in [2.05, 4.69) is 10.2 Å². The molecule has 0 fully saturated rings. The minimum Gasteiger partial charge on any atom is -0.267 e. The Bertz CT molecular complexity index is 1500. The number of aromatic nitrogens is 2. The van der Waals surface area contributed by atoms with Gasteiger partial charge in [0.1, 0.15) is 11.6 Å². The molecule has 9 heteroatoms. The van der Waals surface area contributed by atoms with Crippen LogP contribution in [0.25, 0.3) is 33.5 Å². The highest BCUT2D eigenvalue weighted by atomic mass is 32.2. The summed E-state index contributed by atoms with van der Waals surface area (Å²) in [4.78, 5) is 13.4. The quantitative estimate of drug-likeness (QED) is 0.395. The molecule has 0 aliphatic rings. The van der Waals surface area contributed by atoms with Gasteiger partial charge in [-0.3, -0.25) is 4.79 Å². The van der Waals surface area contributed by atoms with Gasteiger partial charge in [0.05, 0.1) is 16.2 Å². The Morgan fingerprint density at radius 3 is 2.03 bits per heavy atom. The minimum atomic E-state index is -3.42. The van der Waals surface area contributed by atoms with Gasteiger partial charge in [0, 0.05) is 22.3 Å². The number of nitrogens with one attached hydrogen (secondary N) is 1. The fraction of sp³-hybridized carbons (Fsp3) is 0.0833. The Kier molecular flexibility index (Phi) is 6.18. The van der Waals surface area contributed by atoms with Crippen molar-refractivity contribution in [2.24, 2.45) is 0 Å². The molecular formula is C24H18F2N2O3S2. The molecule has 0 aliphatic carbocycles. The highest BCUT2D eigenvalue weighted by Gasteiger charge is 2.21. The third kappa shape index (κ3) is 4.60. The first kappa shape index (κ1) is 22.9. The normalized spacial score (nSPS) is 11.5. The zero-order valence-electron chi connectivity index (χ0n) is 17.6. The van der Waals surface area contributed by atoms with E-state index in [4.69, 9.17) is 0 Å². The van der Waals surface area contributed by atoms with Gasteiger partial charge in [-0.1, -0.05) is 24.3 Å². The van der Waals surface area contributed by atoms with Gasteiger partial charge in [0.2, 0.25) is 0 Å². The number of hydrogen-bond donors (Lipinski definition) is 1. The highest BCUT2D eigenvalue weighted by Crippen LogP contribution is 2.38. The maximum absolute atomic E-state index is 14.1. The van der Waals surface area contributed by atoms with E-state index >= 15 is 0 Å². The van der Waals surface area contributed by atoms with Crippen molar-refractivity contribution in [3.63, 3.8) is 0 Å². The largest absolute Gasteiger partial charge is 0.272 e. The molecule has 1 heterocycles. The number of rotatable bonds is 5. The standard InChI is InChI=1S/C24H18F2N2O3S2/c1-32-20-13-16(7-12-19(20)26)23-21(14-5-10-18(11-6-14)33(2,30)31)22(24(29)28-27-23)15-3-8-17(25)9-4-15/h3-13H,1-2H3,(H,28,29). The van der Waals surface area contributed by atoms with Gasteiger partial charge >= 0.3 is 0 Å². The van der Waals surface area contributed by atoms with E-state index in [1.807, 2.05) is 0 Å². The Morgan fingerprint density at radius 2 is 1.42 bits per heavy atom. The first-order valence-electron chi connectivity index (χ1n) is 9.72. The van der Waals surface area contributed by atoms with Crippen molar-refractivity contribution in [1.29, 1.82) is 0 Å². The van der Waals surface area contributed by atoms with Gasteiger partial charge in [0.15, 0.2) is 9.84 Å². The highest BCUT2D eigenvalue weighted by molar-refractivity contribution is 7.98. The number of aromatic amines is 1. The van der Waals surface area contributed by atoms with Crippen molar-refractivity contribution >= 4 is 21.6 Å². The average molecular weight is 485 g/mol. The lowest BCUT2D eigenvalue weighted by Gasteiger charge is -2.15. The van der Waals surface area contributed by atoms with Gasteiger partial charge in [-0.25, -0.2) is 22.3 Å². The lowest BCUT2D eigenvalue weighted by molar-refractivity contribution is 0.601. The molecule has 0 amide bonds. The van der Waals surface area contributed by atoms with Gasteiger partial charge in [-0.15, -0.1) is 11.8 Å². The second-order valence-corrected chi connectivity index (χ2v) is 10.2. The summed E-state index contributed by atoms with van der Waals surface area (Å²) in [6.45, 7) is 0. The minimum absolute atomic E-state index is 0.125. The van der Waals surface area contributed by atoms with Crippen molar-refractivity contribution in [3.8, 4) is 33.5 Å². The Morgan fingerprint density at radius 1 is 0.848 bits per heavy atom. The summed E-state index contributed by atoms with van der Waals surface area (Å²) in [5.74, 6) is -0.833. The van der Waals surface area contributed by atoms with Gasteiger partial charge < -0.3 is 0 Å². The number of H-pyrrole nitrogens is 1. The predicted octanol–water partition coefficient (Wildman–Crippen LogP) is 5.17. The second-order valence-electron chi connectivity index (χ2n) is 7.30. The molecule has 0 spiro atoms. The lowest BCUT2D eigenvalue weighted by Crippen LogP contribution is -2.14. The topological polar surface area (TPSA) is 79.9 Å². The van der Waals surface area contributed by atoms with Crippen LogP contribution in [0.5, 0.6) is 0 Å². The molecule has 4 rings (SSSR count). The maximum Gasteiger partial charge on any atom is 0.272 e. The molecular weight excluding hydrogens is 466 g/mol. The molecule has 4 aromatic rings. The molecule has 0 saturated carbocycles. The van der Waals surface area contributed by atoms with E-state index < -0.39 is 21.2 Å². The van der Waals surface area contributed by atoms with Crippen LogP contribution in [0.4, 0.5) is 8.78 Å². The number of hydrogen-bond acceptors (Lipinski definition) is 5. The molecule has 1 N–H and O–H groups in total. The number of sulfone groups is 1. The summed E-state index contributed by atoms with van der Waals surface area (Å²) in [5, 5.41) is 6.73. The molecule has 0 aliphatic heterocycles. The van der Waals surface area contributed by atoms with Crippen molar-refractivity contribution in [3.05, 3.63) is 88.7 Å². The molecule has 1 aromatic heterocycles. The zero-order valence-corrected chi connectivity index (χ0v) is 19.2. The summed E-state index contributed by atoms with van der Waals surface area (Å²) in [7, 11) is -3.42. The summed E-state index contributed by atoms with van der Waals surface area (Å²) in [6.07, 6.45) is 2.85. The summed E-state index contributed by atoms with van der Waals surface area (Å²) < 4.78 is 51.5. The third-order valence-electron chi connectivity index (χ3n) is 5.11. The first-order chi connectivity index (χ1) is 15.7. The predicted molar refractivity (Wildman–Crippen MR) is 126 cm³/mol. The van der Waals surface area contributed by atoms with E-state index in [9.17, 15) is 22.0 Å². The van der Waals surface area contributed by atoms with E-state index in [-0.39, 0.29) is 16.3 Å². The summed E-state index contributed by atoms with van der Waals surface area (Å²) in [6, 6.07) is 16.0. The fourth-order valence-corrected chi connectivity index (χ4v) is 4.65. The lowest BCUT2D eigenvalue weighted by atomic mass is 9.92. The molecule has 3 aromatic carbocycles. The molecule has 0 unspecified atom stereocenters. The summed E-state index contributed by atoms with van der Waals surface area (Å²) >= 11 is 1.23. The molecule has 0 bridgehead atoms. The SMILES string of the molecule is CSc1cc(-c2n[nH]c(=O)c(-c3ccc(F)cc3)c2-c2ccc(S(C)(=O)=O)cc2)ccc1F. The van der Waals surface area contributed by atoms with E-state index in [1.165, 1.54) is 54.2 Å². The molecule has 0 radical (unpaired) electrons. The fourth-order valence-electron chi connectivity index (χ4n) is 3.51. The first-order valence-corrected chi connectivity index (χ1v) is 12.8.